The maximum absolute atomic E-state index is 13.1. The molecule has 4 aromatic rings. The summed E-state index contributed by atoms with van der Waals surface area (Å²) in [6, 6.07) is 22.1. The number of hydrogen-bond acceptors (Lipinski definition) is 3. The first-order valence-electron chi connectivity index (χ1n) is 9.53. The Kier molecular flexibility index (Phi) is 5.47. The molecule has 0 atom stereocenters. The lowest BCUT2D eigenvalue weighted by Crippen LogP contribution is -2.30. The van der Waals surface area contributed by atoms with Crippen LogP contribution in [0, 0.1) is 6.92 Å². The fraction of sp³-hybridized carbons (Fsp3) is 0.125. The molecular weight excluding hydrogens is 360 g/mol. The van der Waals surface area contributed by atoms with Gasteiger partial charge in [-0.15, -0.1) is 0 Å². The Morgan fingerprint density at radius 1 is 0.897 bits per heavy atom. The molecule has 2 heterocycles. The van der Waals surface area contributed by atoms with Gasteiger partial charge < -0.3 is 9.88 Å². The molecule has 144 valence electrons. The monoisotopic (exact) mass is 382 g/mol. The van der Waals surface area contributed by atoms with Crippen LogP contribution in [0.25, 0.3) is 11.1 Å². The molecule has 0 spiro atoms. The van der Waals surface area contributed by atoms with Crippen LogP contribution >= 0.6 is 0 Å². The van der Waals surface area contributed by atoms with E-state index in [-0.39, 0.29) is 5.91 Å². The summed E-state index contributed by atoms with van der Waals surface area (Å²) >= 11 is 0. The standard InChI is InChI=1S/C24H22N4O/c1-18-23(27-17-26-18)16-28(24(29)22-11-13-25-14-12-22)15-19-7-9-21(10-8-19)20-5-3-2-4-6-20/h2-14,17H,15-16H2,1H3,(H,26,27). The SMILES string of the molecule is Cc1[nH]cnc1CN(Cc1ccc(-c2ccccc2)cc1)C(=O)c1ccncc1. The van der Waals surface area contributed by atoms with Crippen LogP contribution in [-0.2, 0) is 13.1 Å². The second kappa shape index (κ2) is 8.52. The minimum absolute atomic E-state index is 0.0399. The number of aromatic amines is 1. The summed E-state index contributed by atoms with van der Waals surface area (Å²) in [5.41, 5.74) is 5.86. The van der Waals surface area contributed by atoms with Crippen LogP contribution in [0.3, 0.4) is 0 Å². The van der Waals surface area contributed by atoms with E-state index in [9.17, 15) is 4.79 Å². The van der Waals surface area contributed by atoms with Gasteiger partial charge in [0.1, 0.15) is 0 Å². The molecule has 0 aliphatic heterocycles. The van der Waals surface area contributed by atoms with Gasteiger partial charge in [-0.25, -0.2) is 4.98 Å². The van der Waals surface area contributed by atoms with Crippen LogP contribution in [-0.4, -0.2) is 25.8 Å². The summed E-state index contributed by atoms with van der Waals surface area (Å²) in [6.07, 6.45) is 4.94. The Balaban J connectivity index is 1.58. The Labute approximate surface area is 170 Å². The van der Waals surface area contributed by atoms with E-state index in [1.807, 2.05) is 30.0 Å². The zero-order chi connectivity index (χ0) is 20.1. The van der Waals surface area contributed by atoms with E-state index in [1.165, 1.54) is 5.56 Å². The molecule has 0 unspecified atom stereocenters. The van der Waals surface area contributed by atoms with E-state index >= 15 is 0 Å². The topological polar surface area (TPSA) is 61.9 Å². The van der Waals surface area contributed by atoms with Gasteiger partial charge in [-0.3, -0.25) is 9.78 Å². The molecule has 2 aromatic heterocycles. The zero-order valence-corrected chi connectivity index (χ0v) is 16.2. The largest absolute Gasteiger partial charge is 0.348 e. The number of carbonyl (C=O) groups excluding carboxylic acids is 1. The highest BCUT2D eigenvalue weighted by Crippen LogP contribution is 2.21. The minimum atomic E-state index is -0.0399. The number of nitrogens with one attached hydrogen (secondary N) is 1. The molecule has 29 heavy (non-hydrogen) atoms. The highest BCUT2D eigenvalue weighted by Gasteiger charge is 2.18. The first-order valence-corrected chi connectivity index (χ1v) is 9.53. The van der Waals surface area contributed by atoms with E-state index in [0.29, 0.717) is 18.7 Å². The lowest BCUT2D eigenvalue weighted by Gasteiger charge is -2.22. The molecule has 5 heteroatoms. The maximum Gasteiger partial charge on any atom is 0.254 e. The molecule has 1 amide bonds. The van der Waals surface area contributed by atoms with Crippen molar-refractivity contribution in [1.82, 2.24) is 19.9 Å². The summed E-state index contributed by atoms with van der Waals surface area (Å²) in [7, 11) is 0. The van der Waals surface area contributed by atoms with Crippen molar-refractivity contribution in [3.05, 3.63) is 108 Å². The van der Waals surface area contributed by atoms with E-state index in [1.54, 1.807) is 30.9 Å². The van der Waals surface area contributed by atoms with Gasteiger partial charge in [-0.2, -0.15) is 0 Å². The maximum atomic E-state index is 13.1. The average Bonchev–Trinajstić information content (AvgIpc) is 3.19. The fourth-order valence-corrected chi connectivity index (χ4v) is 3.26. The van der Waals surface area contributed by atoms with Crippen molar-refractivity contribution in [2.75, 3.05) is 0 Å². The summed E-state index contributed by atoms with van der Waals surface area (Å²) < 4.78 is 0. The molecule has 5 nitrogen and oxygen atoms in total. The number of aryl methyl sites for hydroxylation is 1. The number of H-pyrrole nitrogens is 1. The normalized spacial score (nSPS) is 10.7. The number of imidazole rings is 1. The number of amides is 1. The summed E-state index contributed by atoms with van der Waals surface area (Å²) in [5, 5.41) is 0. The zero-order valence-electron chi connectivity index (χ0n) is 16.2. The number of nitrogens with zero attached hydrogens (tertiary/aromatic N) is 3. The third-order valence-corrected chi connectivity index (χ3v) is 4.92. The fourth-order valence-electron chi connectivity index (χ4n) is 3.26. The summed E-state index contributed by atoms with van der Waals surface area (Å²) in [6.45, 7) is 2.91. The van der Waals surface area contributed by atoms with Gasteiger partial charge in [0.25, 0.3) is 5.91 Å². The summed E-state index contributed by atoms with van der Waals surface area (Å²) in [4.78, 5) is 26.4. The molecule has 0 saturated carbocycles. The Morgan fingerprint density at radius 3 is 2.24 bits per heavy atom. The van der Waals surface area contributed by atoms with Crippen molar-refractivity contribution >= 4 is 5.91 Å². The molecule has 0 saturated heterocycles. The smallest absolute Gasteiger partial charge is 0.254 e. The Bertz CT molecular complexity index is 1070. The molecule has 1 N–H and O–H groups in total. The van der Waals surface area contributed by atoms with Crippen LogP contribution in [0.2, 0.25) is 0 Å². The lowest BCUT2D eigenvalue weighted by molar-refractivity contribution is 0.0727. The number of carbonyl (C=O) groups is 1. The number of hydrogen-bond donors (Lipinski definition) is 1. The molecule has 0 aliphatic rings. The highest BCUT2D eigenvalue weighted by molar-refractivity contribution is 5.94. The molecule has 0 aliphatic carbocycles. The predicted molar refractivity (Wildman–Crippen MR) is 113 cm³/mol. The molecular formula is C24H22N4O. The van der Waals surface area contributed by atoms with Gasteiger partial charge in [-0.1, -0.05) is 54.6 Å². The summed E-state index contributed by atoms with van der Waals surface area (Å²) in [5.74, 6) is -0.0399. The third-order valence-electron chi connectivity index (χ3n) is 4.92. The average molecular weight is 382 g/mol. The third kappa shape index (κ3) is 4.41. The van der Waals surface area contributed by atoms with E-state index in [2.05, 4.69) is 51.4 Å². The van der Waals surface area contributed by atoms with Crippen molar-refractivity contribution in [2.24, 2.45) is 0 Å². The molecule has 0 bridgehead atoms. The Hall–Kier alpha value is -3.73. The molecule has 0 fully saturated rings. The van der Waals surface area contributed by atoms with Gasteiger partial charge in [-0.05, 0) is 35.7 Å². The predicted octanol–water partition coefficient (Wildman–Crippen LogP) is 4.62. The quantitative estimate of drug-likeness (QED) is 0.529. The molecule has 0 radical (unpaired) electrons. The second-order valence-electron chi connectivity index (χ2n) is 6.93. The lowest BCUT2D eigenvalue weighted by atomic mass is 10.0. The van der Waals surface area contributed by atoms with Crippen molar-refractivity contribution in [3.63, 3.8) is 0 Å². The second-order valence-corrected chi connectivity index (χ2v) is 6.93. The Morgan fingerprint density at radius 2 is 1.59 bits per heavy atom. The van der Waals surface area contributed by atoms with Crippen LogP contribution in [0.5, 0.6) is 0 Å². The number of benzene rings is 2. The van der Waals surface area contributed by atoms with Gasteiger partial charge in [0.15, 0.2) is 0 Å². The van der Waals surface area contributed by atoms with Crippen molar-refractivity contribution in [3.8, 4) is 11.1 Å². The van der Waals surface area contributed by atoms with Crippen LogP contribution < -0.4 is 0 Å². The van der Waals surface area contributed by atoms with Crippen molar-refractivity contribution in [1.29, 1.82) is 0 Å². The molecule has 2 aromatic carbocycles. The van der Waals surface area contributed by atoms with Crippen LogP contribution in [0.15, 0.2) is 85.5 Å². The highest BCUT2D eigenvalue weighted by atomic mass is 16.2. The first-order chi connectivity index (χ1) is 14.2. The van der Waals surface area contributed by atoms with Crippen LogP contribution in [0.1, 0.15) is 27.3 Å². The van der Waals surface area contributed by atoms with Gasteiger partial charge in [0.2, 0.25) is 0 Å². The number of pyridine rings is 1. The minimum Gasteiger partial charge on any atom is -0.348 e. The van der Waals surface area contributed by atoms with Crippen molar-refractivity contribution < 1.29 is 4.79 Å². The first kappa shape index (κ1) is 18.6. The molecule has 4 rings (SSSR count). The van der Waals surface area contributed by atoms with Crippen molar-refractivity contribution in [2.45, 2.75) is 20.0 Å². The van der Waals surface area contributed by atoms with Gasteiger partial charge in [0, 0.05) is 30.2 Å². The van der Waals surface area contributed by atoms with E-state index in [4.69, 9.17) is 0 Å². The van der Waals surface area contributed by atoms with E-state index in [0.717, 1.165) is 22.5 Å². The van der Waals surface area contributed by atoms with E-state index < -0.39 is 0 Å². The number of rotatable bonds is 6. The van der Waals surface area contributed by atoms with Crippen LogP contribution in [0.4, 0.5) is 0 Å². The number of aromatic nitrogens is 3. The van der Waals surface area contributed by atoms with Gasteiger partial charge >= 0.3 is 0 Å². The van der Waals surface area contributed by atoms with Gasteiger partial charge in [0.05, 0.1) is 18.6 Å².